The highest BCUT2D eigenvalue weighted by atomic mass is 19.1. The molecule has 1 unspecified atom stereocenters. The van der Waals surface area contributed by atoms with E-state index in [9.17, 15) is 14.0 Å². The van der Waals surface area contributed by atoms with E-state index in [2.05, 4.69) is 17.4 Å². The van der Waals surface area contributed by atoms with E-state index in [1.807, 2.05) is 18.2 Å². The molecule has 1 saturated heterocycles. The maximum atomic E-state index is 13.0. The Morgan fingerprint density at radius 3 is 2.54 bits per heavy atom. The topological polar surface area (TPSA) is 49.4 Å². The van der Waals surface area contributed by atoms with E-state index < -0.39 is 0 Å². The Bertz CT molecular complexity index is 746. The van der Waals surface area contributed by atoms with Crippen LogP contribution in [0.25, 0.3) is 0 Å². The first kappa shape index (κ1) is 18.1. The minimum atomic E-state index is -0.306. The fourth-order valence-electron chi connectivity index (χ4n) is 3.20. The molecule has 2 aromatic carbocycles. The zero-order valence-corrected chi connectivity index (χ0v) is 14.7. The predicted molar refractivity (Wildman–Crippen MR) is 97.7 cm³/mol. The number of carbonyl (C=O) groups is 2. The summed E-state index contributed by atoms with van der Waals surface area (Å²) in [5, 5.41) is 2.94. The first-order valence-corrected chi connectivity index (χ1v) is 8.95. The van der Waals surface area contributed by atoms with Crippen LogP contribution in [0.3, 0.4) is 0 Å². The highest BCUT2D eigenvalue weighted by Gasteiger charge is 2.33. The summed E-state index contributed by atoms with van der Waals surface area (Å²) in [6.45, 7) is 1.44. The van der Waals surface area contributed by atoms with Gasteiger partial charge in [-0.3, -0.25) is 9.59 Å². The molecule has 1 heterocycles. The maximum Gasteiger partial charge on any atom is 0.225 e. The normalized spacial score (nSPS) is 16.7. The fourth-order valence-corrected chi connectivity index (χ4v) is 3.20. The fraction of sp³-hybridized carbons (Fsp3) is 0.333. The summed E-state index contributed by atoms with van der Waals surface area (Å²) in [5.41, 5.74) is 2.12. The van der Waals surface area contributed by atoms with E-state index in [0.717, 1.165) is 18.4 Å². The van der Waals surface area contributed by atoms with Crippen LogP contribution in [0.2, 0.25) is 0 Å². The lowest BCUT2D eigenvalue weighted by Crippen LogP contribution is -2.33. The molecular formula is C21H23FN2O2. The van der Waals surface area contributed by atoms with Crippen LogP contribution in [0.5, 0.6) is 0 Å². The van der Waals surface area contributed by atoms with Crippen molar-refractivity contribution in [3.8, 4) is 0 Å². The summed E-state index contributed by atoms with van der Waals surface area (Å²) in [5.74, 6) is -0.694. The summed E-state index contributed by atoms with van der Waals surface area (Å²) in [6.07, 6.45) is 2.03. The Hall–Kier alpha value is -2.69. The molecule has 136 valence electrons. The van der Waals surface area contributed by atoms with Crippen molar-refractivity contribution < 1.29 is 14.0 Å². The number of aryl methyl sites for hydroxylation is 1. The SMILES string of the molecule is O=C(NCCCc1ccccc1)C1CC(=O)N(Cc2ccc(F)cc2)C1. The van der Waals surface area contributed by atoms with Gasteiger partial charge in [-0.05, 0) is 36.1 Å². The van der Waals surface area contributed by atoms with Crippen molar-refractivity contribution in [1.29, 1.82) is 0 Å². The van der Waals surface area contributed by atoms with Gasteiger partial charge in [-0.25, -0.2) is 4.39 Å². The third-order valence-corrected chi connectivity index (χ3v) is 4.66. The number of carbonyl (C=O) groups excluding carboxylic acids is 2. The van der Waals surface area contributed by atoms with Gasteiger partial charge in [0.05, 0.1) is 5.92 Å². The average molecular weight is 354 g/mol. The number of rotatable bonds is 7. The van der Waals surface area contributed by atoms with Crippen LogP contribution in [0.1, 0.15) is 24.0 Å². The van der Waals surface area contributed by atoms with Gasteiger partial charge in [-0.2, -0.15) is 0 Å². The van der Waals surface area contributed by atoms with Gasteiger partial charge < -0.3 is 10.2 Å². The van der Waals surface area contributed by atoms with Crippen molar-refractivity contribution in [1.82, 2.24) is 10.2 Å². The minimum absolute atomic E-state index is 0.0289. The highest BCUT2D eigenvalue weighted by molar-refractivity contribution is 5.89. The highest BCUT2D eigenvalue weighted by Crippen LogP contribution is 2.20. The number of benzene rings is 2. The Kier molecular flexibility index (Phi) is 6.00. The molecule has 26 heavy (non-hydrogen) atoms. The summed E-state index contributed by atoms with van der Waals surface area (Å²) < 4.78 is 13.0. The van der Waals surface area contributed by atoms with E-state index in [1.54, 1.807) is 17.0 Å². The molecule has 5 heteroatoms. The molecule has 1 N–H and O–H groups in total. The molecule has 1 aliphatic rings. The van der Waals surface area contributed by atoms with Gasteiger partial charge in [-0.1, -0.05) is 42.5 Å². The van der Waals surface area contributed by atoms with Crippen molar-refractivity contribution in [2.45, 2.75) is 25.8 Å². The third kappa shape index (κ3) is 4.91. The van der Waals surface area contributed by atoms with Crippen LogP contribution in [-0.4, -0.2) is 29.8 Å². The zero-order valence-electron chi connectivity index (χ0n) is 14.7. The van der Waals surface area contributed by atoms with Crippen molar-refractivity contribution >= 4 is 11.8 Å². The van der Waals surface area contributed by atoms with E-state index in [0.29, 0.717) is 19.6 Å². The first-order valence-electron chi connectivity index (χ1n) is 8.95. The molecule has 2 amide bonds. The Morgan fingerprint density at radius 2 is 1.81 bits per heavy atom. The van der Waals surface area contributed by atoms with Gasteiger partial charge in [-0.15, -0.1) is 0 Å². The third-order valence-electron chi connectivity index (χ3n) is 4.66. The van der Waals surface area contributed by atoms with Gasteiger partial charge in [0, 0.05) is 26.1 Å². The Morgan fingerprint density at radius 1 is 1.08 bits per heavy atom. The number of hydrogen-bond acceptors (Lipinski definition) is 2. The molecular weight excluding hydrogens is 331 g/mol. The average Bonchev–Trinajstić information content (AvgIpc) is 3.02. The quantitative estimate of drug-likeness (QED) is 0.777. The van der Waals surface area contributed by atoms with E-state index in [4.69, 9.17) is 0 Å². The minimum Gasteiger partial charge on any atom is -0.356 e. The summed E-state index contributed by atoms with van der Waals surface area (Å²) >= 11 is 0. The lowest BCUT2D eigenvalue weighted by molar-refractivity contribution is -0.129. The second-order valence-corrected chi connectivity index (χ2v) is 6.68. The molecule has 0 aliphatic carbocycles. The lowest BCUT2D eigenvalue weighted by Gasteiger charge is -2.16. The maximum absolute atomic E-state index is 13.0. The number of nitrogens with one attached hydrogen (secondary N) is 1. The number of nitrogens with zero attached hydrogens (tertiary/aromatic N) is 1. The van der Waals surface area contributed by atoms with Crippen LogP contribution < -0.4 is 5.32 Å². The van der Waals surface area contributed by atoms with Gasteiger partial charge in [0.2, 0.25) is 11.8 Å². The van der Waals surface area contributed by atoms with E-state index in [-0.39, 0.29) is 30.0 Å². The van der Waals surface area contributed by atoms with Crippen LogP contribution in [0.15, 0.2) is 54.6 Å². The largest absolute Gasteiger partial charge is 0.356 e. The first-order chi connectivity index (χ1) is 12.6. The van der Waals surface area contributed by atoms with E-state index >= 15 is 0 Å². The van der Waals surface area contributed by atoms with Crippen molar-refractivity contribution in [2.24, 2.45) is 5.92 Å². The number of halogens is 1. The number of likely N-dealkylation sites (tertiary alicyclic amines) is 1. The molecule has 1 aliphatic heterocycles. The van der Waals surface area contributed by atoms with Gasteiger partial charge in [0.15, 0.2) is 0 Å². The van der Waals surface area contributed by atoms with Gasteiger partial charge in [0.1, 0.15) is 5.82 Å². The lowest BCUT2D eigenvalue weighted by atomic mass is 10.1. The van der Waals surface area contributed by atoms with Crippen molar-refractivity contribution in [3.63, 3.8) is 0 Å². The van der Waals surface area contributed by atoms with Gasteiger partial charge >= 0.3 is 0 Å². The number of amides is 2. The summed E-state index contributed by atoms with van der Waals surface area (Å²) in [6, 6.07) is 16.2. The molecule has 2 aromatic rings. The molecule has 1 atom stereocenters. The van der Waals surface area contributed by atoms with Gasteiger partial charge in [0.25, 0.3) is 0 Å². The Balaban J connectivity index is 1.42. The molecule has 4 nitrogen and oxygen atoms in total. The second-order valence-electron chi connectivity index (χ2n) is 6.68. The molecule has 0 spiro atoms. The Labute approximate surface area is 153 Å². The second kappa shape index (κ2) is 8.61. The zero-order chi connectivity index (χ0) is 18.4. The van der Waals surface area contributed by atoms with Crippen molar-refractivity contribution in [2.75, 3.05) is 13.1 Å². The van der Waals surface area contributed by atoms with Crippen LogP contribution >= 0.6 is 0 Å². The molecule has 0 radical (unpaired) electrons. The van der Waals surface area contributed by atoms with Crippen molar-refractivity contribution in [3.05, 3.63) is 71.5 Å². The predicted octanol–water partition coefficient (Wildman–Crippen LogP) is 2.92. The van der Waals surface area contributed by atoms with E-state index in [1.165, 1.54) is 17.7 Å². The molecule has 0 bridgehead atoms. The van der Waals surface area contributed by atoms with Crippen LogP contribution in [0.4, 0.5) is 4.39 Å². The molecule has 0 aromatic heterocycles. The van der Waals surface area contributed by atoms with Crippen LogP contribution in [0, 0.1) is 11.7 Å². The molecule has 3 rings (SSSR count). The smallest absolute Gasteiger partial charge is 0.225 e. The monoisotopic (exact) mass is 354 g/mol. The molecule has 0 saturated carbocycles. The summed E-state index contributed by atoms with van der Waals surface area (Å²) in [7, 11) is 0. The van der Waals surface area contributed by atoms with Crippen LogP contribution in [-0.2, 0) is 22.6 Å². The number of hydrogen-bond donors (Lipinski definition) is 1. The standard InChI is InChI=1S/C21H23FN2O2/c22-19-10-8-17(9-11-19)14-24-15-18(13-20(24)25)21(26)23-12-4-7-16-5-2-1-3-6-16/h1-3,5-6,8-11,18H,4,7,12-15H2,(H,23,26). The molecule has 1 fully saturated rings. The summed E-state index contributed by atoms with van der Waals surface area (Å²) in [4.78, 5) is 26.1.